The van der Waals surface area contributed by atoms with Gasteiger partial charge in [0.05, 0.1) is 18.7 Å². The summed E-state index contributed by atoms with van der Waals surface area (Å²) in [6, 6.07) is 11.7. The summed E-state index contributed by atoms with van der Waals surface area (Å²) in [6.07, 6.45) is 0. The Morgan fingerprint density at radius 2 is 1.84 bits per heavy atom. The van der Waals surface area contributed by atoms with Gasteiger partial charge in [0.15, 0.2) is 22.9 Å². The van der Waals surface area contributed by atoms with Gasteiger partial charge >= 0.3 is 5.97 Å². The van der Waals surface area contributed by atoms with Crippen molar-refractivity contribution in [3.8, 4) is 0 Å². The number of hydrogen-bond acceptors (Lipinski definition) is 4. The van der Waals surface area contributed by atoms with Crippen molar-refractivity contribution in [2.75, 3.05) is 11.9 Å². The summed E-state index contributed by atoms with van der Waals surface area (Å²) in [5.74, 6) is 0.229. The summed E-state index contributed by atoms with van der Waals surface area (Å²) in [7, 11) is 0. The quantitative estimate of drug-likeness (QED) is 0.356. The minimum absolute atomic E-state index is 0.0631. The van der Waals surface area contributed by atoms with Crippen molar-refractivity contribution in [3.63, 3.8) is 0 Å². The minimum atomic E-state index is -0.547. The largest absolute Gasteiger partial charge is 0.462 e. The van der Waals surface area contributed by atoms with Gasteiger partial charge in [-0.1, -0.05) is 12.1 Å². The van der Waals surface area contributed by atoms with E-state index in [1.54, 1.807) is 43.3 Å². The number of esters is 1. The second-order valence-corrected chi connectivity index (χ2v) is 7.39. The van der Waals surface area contributed by atoms with Gasteiger partial charge in [-0.25, -0.2) is 13.9 Å². The second kappa shape index (κ2) is 9.12. The van der Waals surface area contributed by atoms with Crippen molar-refractivity contribution >= 4 is 34.4 Å². The van der Waals surface area contributed by atoms with Crippen LogP contribution in [-0.2, 0) is 16.1 Å². The van der Waals surface area contributed by atoms with Gasteiger partial charge in [-0.2, -0.15) is 0 Å². The molecule has 0 saturated heterocycles. The van der Waals surface area contributed by atoms with Gasteiger partial charge in [0.2, 0.25) is 0 Å². The first-order chi connectivity index (χ1) is 14.8. The summed E-state index contributed by atoms with van der Waals surface area (Å²) in [6.45, 7) is 10.1. The van der Waals surface area contributed by atoms with Gasteiger partial charge in [-0.15, -0.1) is 0 Å². The maximum Gasteiger partial charge on any atom is 0.338 e. The summed E-state index contributed by atoms with van der Waals surface area (Å²) in [4.78, 5) is 37.0. The van der Waals surface area contributed by atoms with Crippen LogP contribution in [0.15, 0.2) is 42.5 Å². The summed E-state index contributed by atoms with van der Waals surface area (Å²) < 4.78 is 9.16. The number of nitrogens with zero attached hydrogens (tertiary/aromatic N) is 2. The Bertz CT molecular complexity index is 1160. The first-order valence-electron chi connectivity index (χ1n) is 10.4. The number of nitrogens with one attached hydrogen (secondary N) is 1. The van der Waals surface area contributed by atoms with Crippen LogP contribution in [0, 0.1) is 6.92 Å². The van der Waals surface area contributed by atoms with Crippen molar-refractivity contribution in [3.05, 3.63) is 59.4 Å². The Balaban J connectivity index is 2.01. The zero-order valence-corrected chi connectivity index (χ0v) is 18.6. The van der Waals surface area contributed by atoms with E-state index in [1.165, 1.54) is 6.92 Å². The molecule has 0 fully saturated rings. The third-order valence-electron chi connectivity index (χ3n) is 5.40. The van der Waals surface area contributed by atoms with Crippen molar-refractivity contribution < 1.29 is 23.7 Å². The number of imidazole rings is 1. The van der Waals surface area contributed by atoms with Gasteiger partial charge in [-0.3, -0.25) is 9.59 Å². The van der Waals surface area contributed by atoms with Crippen LogP contribution in [-0.4, -0.2) is 28.8 Å². The van der Waals surface area contributed by atoms with Crippen LogP contribution in [0.3, 0.4) is 0 Å². The molecule has 0 saturated carbocycles. The standard InChI is InChI=1S/C24H27N3O4/c1-6-26-17(5)27(22-14-19(11-12-21(22)26)24(30)31-7-2)15(3)23(29)25-20-10-8-9-18(13-20)16(4)28/h8-15H,6-7H2,1-5H3/p+1/t15-/m1/s1. The maximum absolute atomic E-state index is 13.1. The molecule has 2 aromatic carbocycles. The van der Waals surface area contributed by atoms with E-state index >= 15 is 0 Å². The monoisotopic (exact) mass is 422 g/mol. The Morgan fingerprint density at radius 1 is 1.10 bits per heavy atom. The summed E-state index contributed by atoms with van der Waals surface area (Å²) >= 11 is 0. The lowest BCUT2D eigenvalue weighted by molar-refractivity contribution is -0.675. The summed E-state index contributed by atoms with van der Waals surface area (Å²) in [5, 5.41) is 2.90. The highest BCUT2D eigenvalue weighted by Gasteiger charge is 2.30. The molecule has 1 amide bonds. The molecule has 7 heteroatoms. The number of aryl methyl sites for hydroxylation is 1. The van der Waals surface area contributed by atoms with Crippen LogP contribution in [0.1, 0.15) is 60.3 Å². The molecule has 7 nitrogen and oxygen atoms in total. The van der Waals surface area contributed by atoms with Crippen LogP contribution < -0.4 is 9.88 Å². The van der Waals surface area contributed by atoms with Crippen molar-refractivity contribution in [2.45, 2.75) is 47.2 Å². The SMILES string of the molecule is CCOC(=O)c1ccc2c(c1)n([C@H](C)C(=O)Nc1cccc(C(C)=O)c1)c(C)[n+]2CC. The third kappa shape index (κ3) is 4.35. The molecule has 3 rings (SSSR count). The number of carbonyl (C=O) groups is 3. The third-order valence-corrected chi connectivity index (χ3v) is 5.40. The number of ketones is 1. The highest BCUT2D eigenvalue weighted by molar-refractivity contribution is 5.98. The highest BCUT2D eigenvalue weighted by atomic mass is 16.5. The average Bonchev–Trinajstić information content (AvgIpc) is 3.03. The number of fused-ring (bicyclic) bond motifs is 1. The number of aromatic nitrogens is 2. The number of carbonyl (C=O) groups excluding carboxylic acids is 3. The number of hydrogen-bond donors (Lipinski definition) is 1. The van der Waals surface area contributed by atoms with E-state index < -0.39 is 12.0 Å². The molecular formula is C24H28N3O4+. The molecule has 0 aliphatic rings. The Kier molecular flexibility index (Phi) is 6.53. The van der Waals surface area contributed by atoms with E-state index in [1.807, 2.05) is 31.4 Å². The fraction of sp³-hybridized carbons (Fsp3) is 0.333. The van der Waals surface area contributed by atoms with Gasteiger partial charge in [0.25, 0.3) is 11.7 Å². The van der Waals surface area contributed by atoms with Crippen molar-refractivity contribution in [2.24, 2.45) is 0 Å². The number of rotatable bonds is 7. The Hall–Kier alpha value is -3.48. The molecule has 1 aromatic heterocycles. The first kappa shape index (κ1) is 22.2. The van der Waals surface area contributed by atoms with E-state index in [0.717, 1.165) is 23.4 Å². The van der Waals surface area contributed by atoms with E-state index in [9.17, 15) is 14.4 Å². The van der Waals surface area contributed by atoms with Gasteiger partial charge in [0, 0.05) is 24.2 Å². The number of Topliss-reactive ketones (excluding diaryl/α,β-unsaturated/α-hetero) is 1. The van der Waals surface area contributed by atoms with E-state index in [0.29, 0.717) is 23.4 Å². The second-order valence-electron chi connectivity index (χ2n) is 7.39. The van der Waals surface area contributed by atoms with E-state index in [2.05, 4.69) is 9.88 Å². The molecule has 0 spiro atoms. The molecule has 3 aromatic rings. The van der Waals surface area contributed by atoms with Gasteiger partial charge in [0.1, 0.15) is 0 Å². The predicted octanol–water partition coefficient (Wildman–Crippen LogP) is 3.84. The number of anilines is 1. The fourth-order valence-electron chi connectivity index (χ4n) is 3.83. The lowest BCUT2D eigenvalue weighted by atomic mass is 10.1. The van der Waals surface area contributed by atoms with Crippen molar-refractivity contribution in [1.29, 1.82) is 0 Å². The topological polar surface area (TPSA) is 81.3 Å². The van der Waals surface area contributed by atoms with Gasteiger partial charge < -0.3 is 10.1 Å². The molecule has 0 radical (unpaired) electrons. The number of benzene rings is 2. The number of amides is 1. The minimum Gasteiger partial charge on any atom is -0.462 e. The summed E-state index contributed by atoms with van der Waals surface area (Å²) in [5.41, 5.74) is 3.26. The molecule has 1 atom stereocenters. The molecular weight excluding hydrogens is 394 g/mol. The Morgan fingerprint density at radius 3 is 2.48 bits per heavy atom. The Labute approximate surface area is 181 Å². The van der Waals surface area contributed by atoms with E-state index in [-0.39, 0.29) is 11.7 Å². The van der Waals surface area contributed by atoms with Gasteiger partial charge in [-0.05, 0) is 52.0 Å². The molecule has 0 aliphatic carbocycles. The van der Waals surface area contributed by atoms with Crippen LogP contribution >= 0.6 is 0 Å². The molecule has 1 heterocycles. The van der Waals surface area contributed by atoms with Crippen LogP contribution in [0.2, 0.25) is 0 Å². The predicted molar refractivity (Wildman–Crippen MR) is 118 cm³/mol. The van der Waals surface area contributed by atoms with Crippen LogP contribution in [0.4, 0.5) is 5.69 Å². The highest BCUT2D eigenvalue weighted by Crippen LogP contribution is 2.23. The average molecular weight is 423 g/mol. The lowest BCUT2D eigenvalue weighted by Crippen LogP contribution is -2.36. The molecule has 0 aliphatic heterocycles. The maximum atomic E-state index is 13.1. The molecule has 0 bridgehead atoms. The zero-order chi connectivity index (χ0) is 22.7. The van der Waals surface area contributed by atoms with Crippen LogP contribution in [0.5, 0.6) is 0 Å². The zero-order valence-electron chi connectivity index (χ0n) is 18.6. The molecule has 0 unspecified atom stereocenters. The molecule has 162 valence electrons. The number of ether oxygens (including phenoxy) is 1. The van der Waals surface area contributed by atoms with Crippen LogP contribution in [0.25, 0.3) is 11.0 Å². The lowest BCUT2D eigenvalue weighted by Gasteiger charge is -2.12. The normalized spacial score (nSPS) is 11.9. The molecule has 31 heavy (non-hydrogen) atoms. The van der Waals surface area contributed by atoms with E-state index in [4.69, 9.17) is 4.74 Å². The first-order valence-corrected chi connectivity index (χ1v) is 10.4. The fourth-order valence-corrected chi connectivity index (χ4v) is 3.83. The van der Waals surface area contributed by atoms with Crippen molar-refractivity contribution in [1.82, 2.24) is 4.57 Å². The smallest absolute Gasteiger partial charge is 0.338 e. The molecule has 1 N–H and O–H groups in total.